The van der Waals surface area contributed by atoms with Crippen molar-refractivity contribution in [2.45, 2.75) is 12.8 Å². The van der Waals surface area contributed by atoms with Crippen molar-refractivity contribution in [3.63, 3.8) is 0 Å². The third kappa shape index (κ3) is 2.16. The molecule has 0 spiro atoms. The minimum atomic E-state index is 0.350. The lowest BCUT2D eigenvalue weighted by molar-refractivity contribution is 0.573. The molecule has 0 radical (unpaired) electrons. The molecular weight excluding hydrogens is 233 g/mol. The number of hydrogen-bond acceptors (Lipinski definition) is 2. The van der Waals surface area contributed by atoms with Crippen LogP contribution in [0.3, 0.4) is 0 Å². The lowest BCUT2D eigenvalue weighted by Crippen LogP contribution is -1.81. The van der Waals surface area contributed by atoms with Crippen LogP contribution in [0.25, 0.3) is 11.5 Å². The number of benzene rings is 1. The number of hydrogen-bond donors (Lipinski definition) is 0. The molecule has 0 saturated heterocycles. The molecule has 1 heterocycles. The average Bonchev–Trinajstić information content (AvgIpc) is 2.70. The van der Waals surface area contributed by atoms with Crippen LogP contribution in [0.5, 0.6) is 0 Å². The largest absolute Gasteiger partial charge is 0.444 e. The summed E-state index contributed by atoms with van der Waals surface area (Å²) in [6.07, 6.45) is 1.55. The minimum Gasteiger partial charge on any atom is -0.444 e. The Morgan fingerprint density at radius 2 is 2.20 bits per heavy atom. The smallest absolute Gasteiger partial charge is 0.226 e. The summed E-state index contributed by atoms with van der Waals surface area (Å²) >= 11 is 11.6. The third-order valence-electron chi connectivity index (χ3n) is 2.11. The van der Waals surface area contributed by atoms with Gasteiger partial charge < -0.3 is 4.42 Å². The maximum atomic E-state index is 6.01. The molecule has 0 saturated carbocycles. The van der Waals surface area contributed by atoms with E-state index < -0.39 is 0 Å². The highest BCUT2D eigenvalue weighted by Crippen LogP contribution is 2.24. The summed E-state index contributed by atoms with van der Waals surface area (Å²) < 4.78 is 5.28. The number of oxazole rings is 1. The van der Waals surface area contributed by atoms with Gasteiger partial charge in [-0.3, -0.25) is 0 Å². The zero-order valence-corrected chi connectivity index (χ0v) is 9.64. The average molecular weight is 242 g/mol. The van der Waals surface area contributed by atoms with Gasteiger partial charge in [-0.05, 0) is 24.6 Å². The van der Waals surface area contributed by atoms with Gasteiger partial charge in [0.2, 0.25) is 5.89 Å². The van der Waals surface area contributed by atoms with Crippen LogP contribution in [0, 0.1) is 6.92 Å². The molecule has 78 valence electrons. The van der Waals surface area contributed by atoms with Gasteiger partial charge in [0.15, 0.2) is 0 Å². The molecule has 4 heteroatoms. The SMILES string of the molecule is Cc1ccc(-c2nc(CCl)co2)cc1Cl. The van der Waals surface area contributed by atoms with Gasteiger partial charge in [0.05, 0.1) is 11.6 Å². The zero-order chi connectivity index (χ0) is 10.8. The first-order valence-corrected chi connectivity index (χ1v) is 5.39. The van der Waals surface area contributed by atoms with Crippen molar-refractivity contribution in [2.24, 2.45) is 0 Å². The molecule has 0 atom stereocenters. The first kappa shape index (κ1) is 10.5. The predicted octanol–water partition coefficient (Wildman–Crippen LogP) is 4.04. The lowest BCUT2D eigenvalue weighted by atomic mass is 10.1. The summed E-state index contributed by atoms with van der Waals surface area (Å²) in [5.74, 6) is 0.899. The summed E-state index contributed by atoms with van der Waals surface area (Å²) in [5, 5.41) is 0.707. The van der Waals surface area contributed by atoms with Crippen LogP contribution in [-0.4, -0.2) is 4.98 Å². The third-order valence-corrected chi connectivity index (χ3v) is 2.79. The summed E-state index contributed by atoms with van der Waals surface area (Å²) in [6, 6.07) is 5.69. The monoisotopic (exact) mass is 241 g/mol. The Labute approximate surface area is 97.8 Å². The summed E-state index contributed by atoms with van der Waals surface area (Å²) in [4.78, 5) is 4.21. The minimum absolute atomic E-state index is 0.350. The molecule has 0 amide bonds. The Balaban J connectivity index is 2.40. The van der Waals surface area contributed by atoms with Crippen LogP contribution >= 0.6 is 23.2 Å². The summed E-state index contributed by atoms with van der Waals surface area (Å²) in [5.41, 5.74) is 2.62. The molecule has 2 nitrogen and oxygen atoms in total. The standard InChI is InChI=1S/C11H9Cl2NO/c1-7-2-3-8(4-10(7)13)11-14-9(5-12)6-15-11/h2-4,6H,5H2,1H3. The lowest BCUT2D eigenvalue weighted by Gasteiger charge is -1.99. The Kier molecular flexibility index (Phi) is 2.98. The van der Waals surface area contributed by atoms with Crippen molar-refractivity contribution in [1.29, 1.82) is 0 Å². The zero-order valence-electron chi connectivity index (χ0n) is 8.13. The highest BCUT2D eigenvalue weighted by atomic mass is 35.5. The second-order valence-corrected chi connectivity index (χ2v) is 3.92. The maximum absolute atomic E-state index is 6.01. The van der Waals surface area contributed by atoms with Crippen molar-refractivity contribution in [3.8, 4) is 11.5 Å². The number of aryl methyl sites for hydroxylation is 1. The fraction of sp³-hybridized carbons (Fsp3) is 0.182. The van der Waals surface area contributed by atoms with Gasteiger partial charge in [0, 0.05) is 10.6 Å². The predicted molar refractivity (Wildman–Crippen MR) is 61.2 cm³/mol. The molecular formula is C11H9Cl2NO. The van der Waals surface area contributed by atoms with E-state index in [1.54, 1.807) is 6.26 Å². The van der Waals surface area contributed by atoms with E-state index in [1.165, 1.54) is 0 Å². The second kappa shape index (κ2) is 4.25. The molecule has 0 aliphatic carbocycles. The molecule has 2 rings (SSSR count). The topological polar surface area (TPSA) is 26.0 Å². The van der Waals surface area contributed by atoms with Gasteiger partial charge in [0.25, 0.3) is 0 Å². The van der Waals surface area contributed by atoms with Gasteiger partial charge >= 0.3 is 0 Å². The molecule has 0 bridgehead atoms. The molecule has 0 aliphatic heterocycles. The highest BCUT2D eigenvalue weighted by Gasteiger charge is 2.07. The van der Waals surface area contributed by atoms with Crippen LogP contribution in [0.1, 0.15) is 11.3 Å². The summed E-state index contributed by atoms with van der Waals surface area (Å²) in [7, 11) is 0. The quantitative estimate of drug-likeness (QED) is 0.742. The molecule has 0 N–H and O–H groups in total. The number of nitrogens with zero attached hydrogens (tertiary/aromatic N) is 1. The van der Waals surface area contributed by atoms with Gasteiger partial charge in [-0.1, -0.05) is 17.7 Å². The molecule has 0 aliphatic rings. The van der Waals surface area contributed by atoms with Gasteiger partial charge in [-0.2, -0.15) is 0 Å². The second-order valence-electron chi connectivity index (χ2n) is 3.24. The van der Waals surface area contributed by atoms with Crippen molar-refractivity contribution in [2.75, 3.05) is 0 Å². The first-order chi connectivity index (χ1) is 7.20. The number of alkyl halides is 1. The number of rotatable bonds is 2. The van der Waals surface area contributed by atoms with E-state index in [0.29, 0.717) is 16.8 Å². The molecule has 15 heavy (non-hydrogen) atoms. The molecule has 0 fully saturated rings. The van der Waals surface area contributed by atoms with Crippen molar-refractivity contribution < 1.29 is 4.42 Å². The Bertz CT molecular complexity index is 479. The van der Waals surface area contributed by atoms with E-state index in [-0.39, 0.29) is 0 Å². The highest BCUT2D eigenvalue weighted by molar-refractivity contribution is 6.31. The van der Waals surface area contributed by atoms with E-state index >= 15 is 0 Å². The fourth-order valence-electron chi connectivity index (χ4n) is 1.23. The fourth-order valence-corrected chi connectivity index (χ4v) is 1.53. The van der Waals surface area contributed by atoms with E-state index in [4.69, 9.17) is 27.6 Å². The van der Waals surface area contributed by atoms with E-state index in [1.807, 2.05) is 25.1 Å². The van der Waals surface area contributed by atoms with Crippen LogP contribution in [0.15, 0.2) is 28.9 Å². The van der Waals surface area contributed by atoms with E-state index in [9.17, 15) is 0 Å². The van der Waals surface area contributed by atoms with E-state index in [2.05, 4.69) is 4.98 Å². The molecule has 2 aromatic rings. The first-order valence-electron chi connectivity index (χ1n) is 4.47. The van der Waals surface area contributed by atoms with Crippen LogP contribution in [0.2, 0.25) is 5.02 Å². The van der Waals surface area contributed by atoms with Gasteiger partial charge in [-0.25, -0.2) is 4.98 Å². The normalized spacial score (nSPS) is 10.6. The van der Waals surface area contributed by atoms with Crippen molar-refractivity contribution >= 4 is 23.2 Å². The Hall–Kier alpha value is -0.990. The van der Waals surface area contributed by atoms with Crippen molar-refractivity contribution in [3.05, 3.63) is 40.7 Å². The van der Waals surface area contributed by atoms with Crippen LogP contribution in [-0.2, 0) is 5.88 Å². The van der Waals surface area contributed by atoms with Crippen LogP contribution in [0.4, 0.5) is 0 Å². The van der Waals surface area contributed by atoms with Gasteiger partial charge in [-0.15, -0.1) is 11.6 Å². The van der Waals surface area contributed by atoms with Crippen molar-refractivity contribution in [1.82, 2.24) is 4.98 Å². The van der Waals surface area contributed by atoms with Gasteiger partial charge in [0.1, 0.15) is 6.26 Å². The molecule has 1 aromatic heterocycles. The Morgan fingerprint density at radius 3 is 2.80 bits per heavy atom. The number of aromatic nitrogens is 1. The van der Waals surface area contributed by atoms with Crippen LogP contribution < -0.4 is 0 Å². The molecule has 1 aromatic carbocycles. The number of halogens is 2. The molecule has 0 unspecified atom stereocenters. The Morgan fingerprint density at radius 1 is 1.40 bits per heavy atom. The van der Waals surface area contributed by atoms with E-state index in [0.717, 1.165) is 16.8 Å². The maximum Gasteiger partial charge on any atom is 0.226 e. The summed E-state index contributed by atoms with van der Waals surface area (Å²) in [6.45, 7) is 1.95.